The highest BCUT2D eigenvalue weighted by Gasteiger charge is 2.64. The molecule has 3 rings (SSSR count). The van der Waals surface area contributed by atoms with E-state index in [0.717, 1.165) is 37.0 Å². The van der Waals surface area contributed by atoms with Gasteiger partial charge in [0.2, 0.25) is 0 Å². The molecule has 0 heterocycles. The van der Waals surface area contributed by atoms with E-state index < -0.39 is 11.6 Å². The Bertz CT molecular complexity index is 710. The Balaban J connectivity index is 2.00. The molecule has 136 valence electrons. The smallest absolute Gasteiger partial charge is 0.398 e. The normalized spacial score (nSPS) is 23.8. The molecular formula is C20H25F3N2. The molecule has 5 heteroatoms. The molecule has 2 aliphatic carbocycles. The third-order valence-electron chi connectivity index (χ3n) is 5.20. The zero-order chi connectivity index (χ0) is 18.2. The van der Waals surface area contributed by atoms with Gasteiger partial charge in [-0.1, -0.05) is 18.2 Å². The molecule has 0 bridgehead atoms. The second-order valence-electron chi connectivity index (χ2n) is 7.43. The minimum atomic E-state index is -4.21. The Morgan fingerprint density at radius 1 is 1.16 bits per heavy atom. The average Bonchev–Trinajstić information content (AvgIpc) is 3.36. The number of benzene rings is 1. The van der Waals surface area contributed by atoms with Gasteiger partial charge in [-0.15, -0.1) is 0 Å². The van der Waals surface area contributed by atoms with Gasteiger partial charge >= 0.3 is 6.18 Å². The van der Waals surface area contributed by atoms with Gasteiger partial charge in [-0.05, 0) is 75.1 Å². The van der Waals surface area contributed by atoms with E-state index in [1.54, 1.807) is 24.3 Å². The summed E-state index contributed by atoms with van der Waals surface area (Å²) in [7, 11) is 0. The summed E-state index contributed by atoms with van der Waals surface area (Å²) in [6, 6.07) is 6.88. The maximum absolute atomic E-state index is 13.4. The lowest BCUT2D eigenvalue weighted by Gasteiger charge is -2.23. The molecule has 0 radical (unpaired) electrons. The van der Waals surface area contributed by atoms with E-state index in [9.17, 15) is 13.2 Å². The molecule has 1 aromatic rings. The van der Waals surface area contributed by atoms with Crippen LogP contribution in [0.3, 0.4) is 0 Å². The molecule has 2 fully saturated rings. The van der Waals surface area contributed by atoms with Crippen LogP contribution in [-0.2, 0) is 5.41 Å². The molecule has 2 aliphatic rings. The van der Waals surface area contributed by atoms with Crippen LogP contribution in [0.15, 0.2) is 34.8 Å². The summed E-state index contributed by atoms with van der Waals surface area (Å²) in [6.07, 6.45) is -0.0269. The molecule has 2 nitrogen and oxygen atoms in total. The zero-order valence-corrected chi connectivity index (χ0v) is 14.8. The fourth-order valence-corrected chi connectivity index (χ4v) is 3.65. The number of nitrogens with zero attached hydrogens (tertiary/aromatic N) is 1. The molecule has 0 unspecified atom stereocenters. The van der Waals surface area contributed by atoms with E-state index in [4.69, 9.17) is 5.73 Å². The lowest BCUT2D eigenvalue weighted by molar-refractivity contribution is -0.160. The molecule has 25 heavy (non-hydrogen) atoms. The molecule has 0 aliphatic heterocycles. The number of hydrogen-bond acceptors (Lipinski definition) is 2. The summed E-state index contributed by atoms with van der Waals surface area (Å²) in [5.41, 5.74) is 8.34. The van der Waals surface area contributed by atoms with Crippen LogP contribution in [0.4, 0.5) is 13.2 Å². The van der Waals surface area contributed by atoms with Crippen LogP contribution in [0.25, 0.3) is 5.70 Å². The number of halogens is 3. The Labute approximate surface area is 147 Å². The molecule has 0 spiro atoms. The summed E-state index contributed by atoms with van der Waals surface area (Å²) in [5, 5.41) is 0. The van der Waals surface area contributed by atoms with Crippen molar-refractivity contribution >= 4 is 11.4 Å². The summed E-state index contributed by atoms with van der Waals surface area (Å²) in [5.74, 6) is 0. The van der Waals surface area contributed by atoms with E-state index in [-0.39, 0.29) is 18.9 Å². The van der Waals surface area contributed by atoms with Crippen molar-refractivity contribution in [2.45, 2.75) is 70.0 Å². The molecule has 0 atom stereocenters. The fraction of sp³-hybridized carbons (Fsp3) is 0.550. The van der Waals surface area contributed by atoms with Crippen molar-refractivity contribution in [2.75, 3.05) is 0 Å². The predicted octanol–water partition coefficient (Wildman–Crippen LogP) is 5.37. The average molecular weight is 350 g/mol. The molecule has 0 saturated heterocycles. The number of rotatable bonds is 3. The van der Waals surface area contributed by atoms with Gasteiger partial charge in [0.1, 0.15) is 0 Å². The Hall–Kier alpha value is -1.78. The van der Waals surface area contributed by atoms with E-state index in [0.29, 0.717) is 16.8 Å². The van der Waals surface area contributed by atoms with Crippen molar-refractivity contribution in [1.29, 1.82) is 0 Å². The number of hydrogen-bond donors (Lipinski definition) is 1. The first kappa shape index (κ1) is 18.0. The maximum Gasteiger partial charge on any atom is 0.398 e. The van der Waals surface area contributed by atoms with Crippen molar-refractivity contribution in [3.05, 3.63) is 41.0 Å². The van der Waals surface area contributed by atoms with Gasteiger partial charge in [-0.2, -0.15) is 13.2 Å². The van der Waals surface area contributed by atoms with Crippen LogP contribution in [-0.4, -0.2) is 17.9 Å². The summed E-state index contributed by atoms with van der Waals surface area (Å²) < 4.78 is 40.2. The lowest BCUT2D eigenvalue weighted by Crippen LogP contribution is -2.28. The molecule has 0 amide bonds. The Kier molecular flexibility index (Phi) is 4.69. The first-order chi connectivity index (χ1) is 11.7. The zero-order valence-electron chi connectivity index (χ0n) is 14.8. The minimum Gasteiger partial charge on any atom is -0.398 e. The number of aliphatic imine (C=N–C) groups is 1. The quantitative estimate of drug-likeness (QED) is 0.781. The number of nitrogens with two attached hydrogens (primary N) is 1. The van der Waals surface area contributed by atoms with Crippen molar-refractivity contribution in [3.63, 3.8) is 0 Å². The van der Waals surface area contributed by atoms with E-state index in [1.165, 1.54) is 0 Å². The molecule has 2 saturated carbocycles. The van der Waals surface area contributed by atoms with Crippen molar-refractivity contribution in [1.82, 2.24) is 0 Å². The third-order valence-corrected chi connectivity index (χ3v) is 5.20. The lowest BCUT2D eigenvalue weighted by atomic mass is 9.87. The largest absolute Gasteiger partial charge is 0.398 e. The fourth-order valence-electron chi connectivity index (χ4n) is 3.65. The van der Waals surface area contributed by atoms with Crippen LogP contribution in [0.1, 0.15) is 63.5 Å². The summed E-state index contributed by atoms with van der Waals surface area (Å²) in [4.78, 5) is 4.69. The van der Waals surface area contributed by atoms with Crippen LogP contribution in [0, 0.1) is 0 Å². The Morgan fingerprint density at radius 3 is 2.44 bits per heavy atom. The highest BCUT2D eigenvalue weighted by Crippen LogP contribution is 2.59. The van der Waals surface area contributed by atoms with Gasteiger partial charge in [0, 0.05) is 17.5 Å². The molecule has 0 aromatic heterocycles. The van der Waals surface area contributed by atoms with Crippen LogP contribution in [0.2, 0.25) is 0 Å². The number of allylic oxidation sites excluding steroid dienone is 1. The SMILES string of the molecule is CC(C)N=C1CCCC/C1=C(/N)c1cccc(C2(C(F)(F)F)CC2)c1. The van der Waals surface area contributed by atoms with Gasteiger partial charge < -0.3 is 5.73 Å². The van der Waals surface area contributed by atoms with Crippen molar-refractivity contribution in [2.24, 2.45) is 10.7 Å². The third kappa shape index (κ3) is 3.46. The van der Waals surface area contributed by atoms with Gasteiger partial charge in [0.05, 0.1) is 5.41 Å². The van der Waals surface area contributed by atoms with Crippen molar-refractivity contribution < 1.29 is 13.2 Å². The maximum atomic E-state index is 13.4. The van der Waals surface area contributed by atoms with E-state index >= 15 is 0 Å². The van der Waals surface area contributed by atoms with E-state index in [1.807, 2.05) is 13.8 Å². The predicted molar refractivity (Wildman–Crippen MR) is 95.6 cm³/mol. The molecule has 2 N–H and O–H groups in total. The van der Waals surface area contributed by atoms with Gasteiger partial charge in [0.25, 0.3) is 0 Å². The first-order valence-corrected chi connectivity index (χ1v) is 8.98. The van der Waals surface area contributed by atoms with Crippen molar-refractivity contribution in [3.8, 4) is 0 Å². The van der Waals surface area contributed by atoms with Gasteiger partial charge in [0.15, 0.2) is 0 Å². The standard InChI is InChI=1S/C20H25F3N2/c1-13(2)25-17-9-4-3-8-16(17)18(24)14-6-5-7-15(12-14)19(10-11-19)20(21,22)23/h5-7,12-13H,3-4,8-11,24H2,1-2H3/b18-16-,25-17?. The van der Waals surface area contributed by atoms with Crippen LogP contribution in [0.5, 0.6) is 0 Å². The van der Waals surface area contributed by atoms with E-state index in [2.05, 4.69) is 4.99 Å². The summed E-state index contributed by atoms with van der Waals surface area (Å²) >= 11 is 0. The van der Waals surface area contributed by atoms with Gasteiger partial charge in [-0.3, -0.25) is 4.99 Å². The minimum absolute atomic E-state index is 0.163. The summed E-state index contributed by atoms with van der Waals surface area (Å²) in [6.45, 7) is 4.05. The Morgan fingerprint density at radius 2 is 1.84 bits per heavy atom. The number of alkyl halides is 3. The second kappa shape index (κ2) is 6.50. The highest BCUT2D eigenvalue weighted by molar-refractivity contribution is 6.06. The molecular weight excluding hydrogens is 325 g/mol. The molecule has 1 aromatic carbocycles. The highest BCUT2D eigenvalue weighted by atomic mass is 19.4. The van der Waals surface area contributed by atoms with Gasteiger partial charge in [-0.25, -0.2) is 0 Å². The monoisotopic (exact) mass is 350 g/mol. The van der Waals surface area contributed by atoms with Crippen LogP contribution < -0.4 is 5.73 Å². The van der Waals surface area contributed by atoms with Crippen LogP contribution >= 0.6 is 0 Å². The topological polar surface area (TPSA) is 38.4 Å². The first-order valence-electron chi connectivity index (χ1n) is 8.98. The second-order valence-corrected chi connectivity index (χ2v) is 7.43.